The molecular formula is C41H25N5S. The van der Waals surface area contributed by atoms with E-state index in [9.17, 15) is 0 Å². The molecule has 5 nitrogen and oxygen atoms in total. The van der Waals surface area contributed by atoms with Gasteiger partial charge in [-0.1, -0.05) is 72.8 Å². The Morgan fingerprint density at radius 2 is 1.28 bits per heavy atom. The van der Waals surface area contributed by atoms with Crippen LogP contribution in [0, 0.1) is 0 Å². The quantitative estimate of drug-likeness (QED) is 0.197. The molecule has 0 saturated heterocycles. The smallest absolute Gasteiger partial charge is 0.147 e. The van der Waals surface area contributed by atoms with Crippen molar-refractivity contribution in [2.75, 3.05) is 0 Å². The summed E-state index contributed by atoms with van der Waals surface area (Å²) in [6.07, 6.45) is 5.44. The van der Waals surface area contributed by atoms with Crippen molar-refractivity contribution in [2.24, 2.45) is 0 Å². The third-order valence-electron chi connectivity index (χ3n) is 9.12. The van der Waals surface area contributed by atoms with Crippen LogP contribution in [0.2, 0.25) is 0 Å². The fourth-order valence-corrected chi connectivity index (χ4v) is 8.29. The molecule has 0 unspecified atom stereocenters. The molecule has 0 aliphatic heterocycles. The predicted molar refractivity (Wildman–Crippen MR) is 195 cm³/mol. The number of fused-ring (bicyclic) bond motifs is 8. The van der Waals surface area contributed by atoms with Gasteiger partial charge in [-0.25, -0.2) is 9.97 Å². The van der Waals surface area contributed by atoms with E-state index in [1.807, 2.05) is 60.3 Å². The first-order valence-corrected chi connectivity index (χ1v) is 16.4. The van der Waals surface area contributed by atoms with Gasteiger partial charge in [0.15, 0.2) is 0 Å². The van der Waals surface area contributed by atoms with Gasteiger partial charge in [0.1, 0.15) is 11.6 Å². The van der Waals surface area contributed by atoms with E-state index in [2.05, 4.69) is 117 Å². The standard InChI is InChI=1S/C41H25N5S/c1-3-12-33-32(9-1)38-34(19-20-35-39(38)44-41(27-21-24-42-25-22-27)46(35)37-14-5-6-23-43-37)45(33)28-17-15-26(16-18-28)29-10-7-11-31-30-8-2-4-13-36(30)47-40(29)31/h1-25H. The minimum Gasteiger partial charge on any atom is -0.309 e. The Balaban J connectivity index is 1.19. The fraction of sp³-hybridized carbons (Fsp3) is 0. The Labute approximate surface area is 273 Å². The van der Waals surface area contributed by atoms with E-state index in [4.69, 9.17) is 9.97 Å². The molecule has 0 atom stereocenters. The van der Waals surface area contributed by atoms with E-state index < -0.39 is 0 Å². The van der Waals surface area contributed by atoms with Gasteiger partial charge in [-0.2, -0.15) is 0 Å². The van der Waals surface area contributed by atoms with Crippen molar-refractivity contribution >= 4 is 64.3 Å². The monoisotopic (exact) mass is 619 g/mol. The number of para-hydroxylation sites is 1. The van der Waals surface area contributed by atoms with Crippen LogP contribution in [0.15, 0.2) is 152 Å². The molecule has 0 bridgehead atoms. The van der Waals surface area contributed by atoms with Crippen molar-refractivity contribution in [3.05, 3.63) is 152 Å². The molecule has 0 radical (unpaired) electrons. The first-order chi connectivity index (χ1) is 23.3. The average Bonchev–Trinajstić information content (AvgIpc) is 3.82. The van der Waals surface area contributed by atoms with Crippen LogP contribution >= 0.6 is 11.3 Å². The maximum atomic E-state index is 5.33. The van der Waals surface area contributed by atoms with Gasteiger partial charge in [0.25, 0.3) is 0 Å². The molecule has 6 heteroatoms. The number of thiophene rings is 1. The van der Waals surface area contributed by atoms with E-state index in [1.54, 1.807) is 0 Å². The largest absolute Gasteiger partial charge is 0.309 e. The number of nitrogens with zero attached hydrogens (tertiary/aromatic N) is 5. The molecule has 0 aliphatic rings. The Bertz CT molecular complexity index is 2770. The molecule has 0 saturated carbocycles. The predicted octanol–water partition coefficient (Wildman–Crippen LogP) is 10.6. The summed E-state index contributed by atoms with van der Waals surface area (Å²) in [6, 6.07) is 47.3. The van der Waals surface area contributed by atoms with Gasteiger partial charge in [-0.05, 0) is 71.8 Å². The molecule has 10 aromatic rings. The Morgan fingerprint density at radius 3 is 2.13 bits per heavy atom. The van der Waals surface area contributed by atoms with Gasteiger partial charge >= 0.3 is 0 Å². The van der Waals surface area contributed by atoms with Crippen molar-refractivity contribution in [1.29, 1.82) is 0 Å². The first-order valence-electron chi connectivity index (χ1n) is 15.6. The second-order valence-electron chi connectivity index (χ2n) is 11.7. The molecule has 5 aromatic carbocycles. The van der Waals surface area contributed by atoms with Crippen LogP contribution in [-0.4, -0.2) is 24.1 Å². The molecule has 0 aliphatic carbocycles. The number of rotatable bonds is 4. The van der Waals surface area contributed by atoms with Gasteiger partial charge in [0, 0.05) is 60.8 Å². The molecule has 10 rings (SSSR count). The van der Waals surface area contributed by atoms with Gasteiger partial charge in [-0.3, -0.25) is 9.55 Å². The number of hydrogen-bond acceptors (Lipinski definition) is 4. The van der Waals surface area contributed by atoms with Gasteiger partial charge < -0.3 is 4.57 Å². The summed E-state index contributed by atoms with van der Waals surface area (Å²) < 4.78 is 7.16. The molecule has 0 N–H and O–H groups in total. The molecule has 220 valence electrons. The lowest BCUT2D eigenvalue weighted by molar-refractivity contribution is 1.03. The van der Waals surface area contributed by atoms with Crippen LogP contribution in [0.1, 0.15) is 0 Å². The number of imidazole rings is 1. The zero-order valence-electron chi connectivity index (χ0n) is 25.1. The molecular weight excluding hydrogens is 595 g/mol. The maximum Gasteiger partial charge on any atom is 0.147 e. The third-order valence-corrected chi connectivity index (χ3v) is 10.3. The minimum absolute atomic E-state index is 0.828. The lowest BCUT2D eigenvalue weighted by Gasteiger charge is -2.10. The van der Waals surface area contributed by atoms with E-state index >= 15 is 0 Å². The van der Waals surface area contributed by atoms with E-state index in [0.29, 0.717) is 0 Å². The minimum atomic E-state index is 0.828. The second kappa shape index (κ2) is 10.2. The topological polar surface area (TPSA) is 48.5 Å². The fourth-order valence-electron chi connectivity index (χ4n) is 7.05. The van der Waals surface area contributed by atoms with Crippen molar-refractivity contribution in [3.63, 3.8) is 0 Å². The number of aromatic nitrogens is 5. The maximum absolute atomic E-state index is 5.33. The second-order valence-corrected chi connectivity index (χ2v) is 12.8. The van der Waals surface area contributed by atoms with Crippen molar-refractivity contribution in [1.82, 2.24) is 24.1 Å². The van der Waals surface area contributed by atoms with Gasteiger partial charge in [0.05, 0.1) is 22.1 Å². The van der Waals surface area contributed by atoms with Gasteiger partial charge in [0.2, 0.25) is 0 Å². The molecule has 47 heavy (non-hydrogen) atoms. The summed E-state index contributed by atoms with van der Waals surface area (Å²) in [7, 11) is 0. The summed E-state index contributed by atoms with van der Waals surface area (Å²) in [5.74, 6) is 1.67. The van der Waals surface area contributed by atoms with Crippen LogP contribution in [0.25, 0.3) is 87.0 Å². The normalized spacial score (nSPS) is 11.8. The summed E-state index contributed by atoms with van der Waals surface area (Å²) in [6.45, 7) is 0. The van der Waals surface area contributed by atoms with Crippen molar-refractivity contribution < 1.29 is 0 Å². The van der Waals surface area contributed by atoms with E-state index in [-0.39, 0.29) is 0 Å². The summed E-state index contributed by atoms with van der Waals surface area (Å²) in [5, 5.41) is 4.93. The highest BCUT2D eigenvalue weighted by molar-refractivity contribution is 7.26. The summed E-state index contributed by atoms with van der Waals surface area (Å²) in [5.41, 5.74) is 8.80. The van der Waals surface area contributed by atoms with Crippen LogP contribution in [0.3, 0.4) is 0 Å². The van der Waals surface area contributed by atoms with E-state index in [0.717, 1.165) is 50.3 Å². The number of hydrogen-bond donors (Lipinski definition) is 0. The van der Waals surface area contributed by atoms with Crippen LogP contribution < -0.4 is 0 Å². The first kappa shape index (κ1) is 26.1. The zero-order chi connectivity index (χ0) is 30.9. The number of pyridine rings is 2. The van der Waals surface area contributed by atoms with Crippen molar-refractivity contribution in [2.45, 2.75) is 0 Å². The Hall–Kier alpha value is -6.11. The summed E-state index contributed by atoms with van der Waals surface area (Å²) >= 11 is 1.87. The van der Waals surface area contributed by atoms with E-state index in [1.165, 1.54) is 36.7 Å². The summed E-state index contributed by atoms with van der Waals surface area (Å²) in [4.78, 5) is 14.3. The SMILES string of the molecule is c1ccc(-n2c(-c3ccncc3)nc3c4c5ccccc5n(-c5ccc(-c6cccc7c6sc6ccccc67)cc5)c4ccc32)nc1. The molecule has 5 heterocycles. The Morgan fingerprint density at radius 1 is 0.511 bits per heavy atom. The van der Waals surface area contributed by atoms with Crippen LogP contribution in [-0.2, 0) is 0 Å². The molecule has 0 spiro atoms. The molecule has 0 amide bonds. The lowest BCUT2D eigenvalue weighted by atomic mass is 10.0. The number of benzene rings is 5. The highest BCUT2D eigenvalue weighted by Gasteiger charge is 2.21. The van der Waals surface area contributed by atoms with Crippen LogP contribution in [0.4, 0.5) is 0 Å². The lowest BCUT2D eigenvalue weighted by Crippen LogP contribution is -1.99. The zero-order valence-corrected chi connectivity index (χ0v) is 25.9. The average molecular weight is 620 g/mol. The highest BCUT2D eigenvalue weighted by Crippen LogP contribution is 2.42. The third kappa shape index (κ3) is 3.92. The molecule has 5 aromatic heterocycles. The highest BCUT2D eigenvalue weighted by atomic mass is 32.1. The van der Waals surface area contributed by atoms with Crippen molar-refractivity contribution in [3.8, 4) is 34.0 Å². The Kier molecular flexibility index (Phi) is 5.68. The molecule has 0 fully saturated rings. The van der Waals surface area contributed by atoms with Gasteiger partial charge in [-0.15, -0.1) is 11.3 Å². The van der Waals surface area contributed by atoms with Crippen LogP contribution in [0.5, 0.6) is 0 Å².